The molecule has 0 bridgehead atoms. The molecule has 2 atom stereocenters. The number of anilines is 1. The van der Waals surface area contributed by atoms with Crippen LogP contribution in [0.25, 0.3) is 10.9 Å². The lowest BCUT2D eigenvalue weighted by molar-refractivity contribution is -0.00213. The summed E-state index contributed by atoms with van der Waals surface area (Å²) in [6, 6.07) is 12.5. The lowest BCUT2D eigenvalue weighted by atomic mass is 9.82. The van der Waals surface area contributed by atoms with Gasteiger partial charge in [-0.05, 0) is 61.8 Å². The van der Waals surface area contributed by atoms with Crippen molar-refractivity contribution in [1.29, 1.82) is 0 Å². The number of hydrogen-bond acceptors (Lipinski definition) is 6. The van der Waals surface area contributed by atoms with Gasteiger partial charge < -0.3 is 9.64 Å². The highest BCUT2D eigenvalue weighted by molar-refractivity contribution is 7.88. The molecule has 1 saturated carbocycles. The molecule has 9 heteroatoms. The van der Waals surface area contributed by atoms with Crippen molar-refractivity contribution in [2.24, 2.45) is 13.0 Å². The minimum absolute atomic E-state index is 0.0745. The number of fused-ring (bicyclic) bond motifs is 1. The molecule has 1 aliphatic heterocycles. The highest BCUT2D eigenvalue weighted by atomic mass is 32.2. The van der Waals surface area contributed by atoms with Crippen LogP contribution in [0.5, 0.6) is 0 Å². The van der Waals surface area contributed by atoms with Gasteiger partial charge in [-0.1, -0.05) is 18.2 Å². The molecule has 0 amide bonds. The van der Waals surface area contributed by atoms with Gasteiger partial charge in [0.15, 0.2) is 0 Å². The van der Waals surface area contributed by atoms with E-state index in [0.717, 1.165) is 51.0 Å². The number of nitrogens with zero attached hydrogens (tertiary/aromatic N) is 4. The zero-order chi connectivity index (χ0) is 24.4. The summed E-state index contributed by atoms with van der Waals surface area (Å²) >= 11 is 0. The van der Waals surface area contributed by atoms with Crippen LogP contribution in [0.3, 0.4) is 0 Å². The number of piperidine rings is 1. The Kier molecular flexibility index (Phi) is 7.09. The van der Waals surface area contributed by atoms with Gasteiger partial charge in [-0.15, -0.1) is 0 Å². The third-order valence-corrected chi connectivity index (χ3v) is 8.27. The Balaban J connectivity index is 1.19. The quantitative estimate of drug-likeness (QED) is 0.538. The van der Waals surface area contributed by atoms with Gasteiger partial charge in [-0.3, -0.25) is 4.68 Å². The van der Waals surface area contributed by atoms with E-state index >= 15 is 0 Å². The zero-order valence-electron chi connectivity index (χ0n) is 20.5. The summed E-state index contributed by atoms with van der Waals surface area (Å²) in [4.78, 5) is 6.72. The minimum Gasteiger partial charge on any atom is -0.378 e. The minimum atomic E-state index is -3.28. The van der Waals surface area contributed by atoms with Crippen LogP contribution in [0.1, 0.15) is 43.6 Å². The van der Waals surface area contributed by atoms with E-state index in [-0.39, 0.29) is 18.1 Å². The SMILES string of the molecule is Cn1ncc2ccc(C3CCC(OC[C@@H]4CN(c5ccccn5)CCC4NS(C)(=O)=O)CC3)cc21. The van der Waals surface area contributed by atoms with Crippen LogP contribution in [0.15, 0.2) is 48.8 Å². The van der Waals surface area contributed by atoms with Gasteiger partial charge in [0, 0.05) is 43.7 Å². The molecule has 1 aliphatic carbocycles. The van der Waals surface area contributed by atoms with Crippen LogP contribution in [0, 0.1) is 5.92 Å². The molecule has 2 fully saturated rings. The van der Waals surface area contributed by atoms with E-state index in [4.69, 9.17) is 4.74 Å². The Labute approximate surface area is 207 Å². The van der Waals surface area contributed by atoms with E-state index in [0.29, 0.717) is 12.5 Å². The van der Waals surface area contributed by atoms with Crippen LogP contribution in [0.2, 0.25) is 0 Å². The summed E-state index contributed by atoms with van der Waals surface area (Å²) in [7, 11) is -1.29. The molecule has 2 aromatic heterocycles. The first-order valence-electron chi connectivity index (χ1n) is 12.5. The summed E-state index contributed by atoms with van der Waals surface area (Å²) in [5.74, 6) is 1.55. The lowest BCUT2D eigenvalue weighted by Gasteiger charge is -2.40. The molecule has 3 aromatic rings. The number of rotatable bonds is 7. The van der Waals surface area contributed by atoms with Crippen LogP contribution < -0.4 is 9.62 Å². The Morgan fingerprint density at radius 1 is 1.11 bits per heavy atom. The molecule has 1 unspecified atom stereocenters. The van der Waals surface area contributed by atoms with Crippen LogP contribution in [-0.4, -0.2) is 61.3 Å². The van der Waals surface area contributed by atoms with Crippen LogP contribution in [0.4, 0.5) is 5.82 Å². The number of pyridine rings is 1. The average molecular weight is 498 g/mol. The number of hydrogen-bond donors (Lipinski definition) is 1. The van der Waals surface area contributed by atoms with Gasteiger partial charge in [0.2, 0.25) is 10.0 Å². The number of nitrogens with one attached hydrogen (secondary N) is 1. The third kappa shape index (κ3) is 5.85. The topological polar surface area (TPSA) is 89.3 Å². The van der Waals surface area contributed by atoms with Gasteiger partial charge in [0.25, 0.3) is 0 Å². The Morgan fingerprint density at radius 2 is 1.94 bits per heavy atom. The summed E-state index contributed by atoms with van der Waals surface area (Å²) in [5.41, 5.74) is 2.57. The first-order valence-corrected chi connectivity index (χ1v) is 14.4. The van der Waals surface area contributed by atoms with Crippen molar-refractivity contribution in [2.45, 2.75) is 50.2 Å². The fourth-order valence-electron chi connectivity index (χ4n) is 5.62. The third-order valence-electron chi connectivity index (χ3n) is 7.54. The predicted molar refractivity (Wildman–Crippen MR) is 138 cm³/mol. The summed E-state index contributed by atoms with van der Waals surface area (Å²) < 4.78 is 35.2. The van der Waals surface area contributed by atoms with Gasteiger partial charge in [0.1, 0.15) is 5.82 Å². The number of ether oxygens (including phenoxy) is 1. The molecule has 5 rings (SSSR count). The molecular formula is C26H35N5O3S. The number of aromatic nitrogens is 3. The summed E-state index contributed by atoms with van der Waals surface area (Å²) in [5, 5.41) is 5.54. The second-order valence-electron chi connectivity index (χ2n) is 10.1. The van der Waals surface area contributed by atoms with Crippen LogP contribution in [-0.2, 0) is 21.8 Å². The van der Waals surface area contributed by atoms with Crippen molar-refractivity contribution < 1.29 is 13.2 Å². The second kappa shape index (κ2) is 10.2. The molecule has 1 aromatic carbocycles. The largest absolute Gasteiger partial charge is 0.378 e. The molecule has 1 saturated heterocycles. The second-order valence-corrected chi connectivity index (χ2v) is 11.9. The van der Waals surface area contributed by atoms with E-state index in [1.54, 1.807) is 6.20 Å². The van der Waals surface area contributed by atoms with Gasteiger partial charge in [0.05, 0.1) is 30.7 Å². The first kappa shape index (κ1) is 24.2. The molecule has 188 valence electrons. The Hall–Kier alpha value is -2.49. The zero-order valence-corrected chi connectivity index (χ0v) is 21.3. The van der Waals surface area contributed by atoms with Crippen molar-refractivity contribution in [1.82, 2.24) is 19.5 Å². The number of sulfonamides is 1. The van der Waals surface area contributed by atoms with E-state index in [1.807, 2.05) is 36.1 Å². The Bertz CT molecular complexity index is 1240. The summed E-state index contributed by atoms with van der Waals surface area (Å²) in [6.45, 7) is 2.05. The number of aryl methyl sites for hydroxylation is 1. The van der Waals surface area contributed by atoms with Crippen molar-refractivity contribution in [2.75, 3.05) is 30.9 Å². The molecule has 2 aliphatic rings. The normalized spacial score (nSPS) is 25.7. The fourth-order valence-corrected chi connectivity index (χ4v) is 6.48. The molecule has 8 nitrogen and oxygen atoms in total. The van der Waals surface area contributed by atoms with E-state index in [9.17, 15) is 8.42 Å². The molecule has 3 heterocycles. The predicted octanol–water partition coefficient (Wildman–Crippen LogP) is 3.46. The molecule has 0 spiro atoms. The van der Waals surface area contributed by atoms with Crippen molar-refractivity contribution in [3.63, 3.8) is 0 Å². The van der Waals surface area contributed by atoms with Gasteiger partial charge >= 0.3 is 0 Å². The van der Waals surface area contributed by atoms with Crippen molar-refractivity contribution in [3.8, 4) is 0 Å². The van der Waals surface area contributed by atoms with Gasteiger partial charge in [-0.25, -0.2) is 18.1 Å². The fraction of sp³-hybridized carbons (Fsp3) is 0.538. The monoisotopic (exact) mass is 497 g/mol. The van der Waals surface area contributed by atoms with Crippen molar-refractivity contribution in [3.05, 3.63) is 54.4 Å². The number of benzene rings is 1. The molecular weight excluding hydrogens is 462 g/mol. The average Bonchev–Trinajstić information content (AvgIpc) is 3.23. The van der Waals surface area contributed by atoms with Crippen LogP contribution >= 0.6 is 0 Å². The highest BCUT2D eigenvalue weighted by Crippen LogP contribution is 2.35. The Morgan fingerprint density at radius 3 is 2.69 bits per heavy atom. The first-order chi connectivity index (χ1) is 16.9. The molecule has 35 heavy (non-hydrogen) atoms. The van der Waals surface area contributed by atoms with Crippen molar-refractivity contribution >= 4 is 26.7 Å². The van der Waals surface area contributed by atoms with Gasteiger partial charge in [-0.2, -0.15) is 5.10 Å². The van der Waals surface area contributed by atoms with E-state index in [2.05, 4.69) is 37.9 Å². The summed E-state index contributed by atoms with van der Waals surface area (Å²) in [6.07, 6.45) is 10.1. The standard InChI is InChI=1S/C26H35N5O3S/c1-30-25-15-20(6-7-21(25)16-28-30)19-8-10-23(11-9-19)34-18-22-17-31(26-5-3-4-13-27-26)14-12-24(22)29-35(2,32)33/h3-7,13,15-16,19,22-24,29H,8-12,14,17-18H2,1-2H3/t19?,22-,23?,24?/m0/s1. The highest BCUT2D eigenvalue weighted by Gasteiger charge is 2.33. The smallest absolute Gasteiger partial charge is 0.208 e. The maximum Gasteiger partial charge on any atom is 0.208 e. The molecule has 0 radical (unpaired) electrons. The molecule has 1 N–H and O–H groups in total. The van der Waals surface area contributed by atoms with E-state index < -0.39 is 10.0 Å². The maximum atomic E-state index is 12.0. The van der Waals surface area contributed by atoms with E-state index in [1.165, 1.54) is 22.7 Å². The lowest BCUT2D eigenvalue weighted by Crippen LogP contribution is -2.52. The maximum absolute atomic E-state index is 12.0.